The van der Waals surface area contributed by atoms with Crippen LogP contribution in [0.3, 0.4) is 0 Å². The molecule has 0 fully saturated rings. The van der Waals surface area contributed by atoms with Crippen molar-refractivity contribution in [1.82, 2.24) is 15.0 Å². The molecule has 0 aliphatic rings. The van der Waals surface area contributed by atoms with Crippen LogP contribution in [-0.2, 0) is 0 Å². The maximum atomic E-state index is 10.6. The summed E-state index contributed by atoms with van der Waals surface area (Å²) in [7, 11) is 0. The molecule has 8 nitrogen and oxygen atoms in total. The molecule has 0 saturated heterocycles. The normalized spacial score (nSPS) is 10.6. The molecule has 0 atom stereocenters. The Labute approximate surface area is 164 Å². The van der Waals surface area contributed by atoms with Crippen LogP contribution in [0, 0.1) is 16.5 Å². The average Bonchev–Trinajstić information content (AvgIpc) is 2.64. The highest BCUT2D eigenvalue weighted by molar-refractivity contribution is 6.36. The first-order valence-corrected chi connectivity index (χ1v) is 8.45. The molecule has 10 heteroatoms. The summed E-state index contributed by atoms with van der Waals surface area (Å²) in [4.78, 5) is 22.7. The van der Waals surface area contributed by atoms with Crippen molar-refractivity contribution in [2.45, 2.75) is 0 Å². The van der Waals surface area contributed by atoms with Gasteiger partial charge in [0.1, 0.15) is 17.8 Å². The zero-order valence-electron chi connectivity index (χ0n) is 13.8. The lowest BCUT2D eigenvalue weighted by atomic mass is 10.1. The van der Waals surface area contributed by atoms with E-state index in [9.17, 15) is 10.1 Å². The van der Waals surface area contributed by atoms with Gasteiger partial charge < -0.3 is 11.1 Å². The van der Waals surface area contributed by atoms with Gasteiger partial charge in [-0.15, -0.1) is 0 Å². The molecule has 0 aliphatic heterocycles. The number of halogens is 2. The highest BCUT2D eigenvalue weighted by Crippen LogP contribution is 2.32. The molecule has 1 radical (unpaired) electrons. The molecule has 3 rings (SSSR count). The van der Waals surface area contributed by atoms with Crippen molar-refractivity contribution < 1.29 is 4.92 Å². The number of nitro groups is 1. The Morgan fingerprint density at radius 3 is 2.67 bits per heavy atom. The Hall–Kier alpha value is -2.97. The van der Waals surface area contributed by atoms with Crippen molar-refractivity contribution in [3.8, 4) is 11.3 Å². The second-order valence-electron chi connectivity index (χ2n) is 5.40. The fraction of sp³-hybridized carbons (Fsp3) is 0.0588. The quantitative estimate of drug-likeness (QED) is 0.471. The summed E-state index contributed by atoms with van der Waals surface area (Å²) in [5.74, 6) is 0.938. The van der Waals surface area contributed by atoms with Crippen molar-refractivity contribution in [3.05, 3.63) is 75.1 Å². The lowest BCUT2D eigenvalue weighted by molar-refractivity contribution is -0.385. The van der Waals surface area contributed by atoms with Gasteiger partial charge in [-0.25, -0.2) is 15.0 Å². The zero-order chi connectivity index (χ0) is 19.4. The second-order valence-corrected chi connectivity index (χ2v) is 6.24. The predicted molar refractivity (Wildman–Crippen MR) is 105 cm³/mol. The Kier molecular flexibility index (Phi) is 5.68. The molecule has 3 N–H and O–H groups in total. The number of anilines is 2. The van der Waals surface area contributed by atoms with Crippen LogP contribution in [0.1, 0.15) is 5.82 Å². The van der Waals surface area contributed by atoms with E-state index in [0.29, 0.717) is 45.2 Å². The average molecular weight is 404 g/mol. The molecule has 0 unspecified atom stereocenters. The van der Waals surface area contributed by atoms with Crippen LogP contribution in [0.2, 0.25) is 10.0 Å². The number of nitrogens with two attached hydrogens (primary N) is 1. The summed E-state index contributed by atoms with van der Waals surface area (Å²) in [6.07, 6.45) is 4.42. The highest BCUT2D eigenvalue weighted by atomic mass is 35.5. The molecule has 3 aromatic rings. The summed E-state index contributed by atoms with van der Waals surface area (Å²) >= 11 is 12.2. The minimum atomic E-state index is -0.505. The van der Waals surface area contributed by atoms with Gasteiger partial charge in [0.05, 0.1) is 27.5 Å². The number of nitrogens with one attached hydrogen (secondary N) is 1. The first-order valence-electron chi connectivity index (χ1n) is 7.69. The predicted octanol–water partition coefficient (Wildman–Crippen LogP) is 4.00. The van der Waals surface area contributed by atoms with Crippen LogP contribution in [0.25, 0.3) is 11.3 Å². The Morgan fingerprint density at radius 1 is 1.19 bits per heavy atom. The maximum absolute atomic E-state index is 10.6. The number of hydrogen-bond donors (Lipinski definition) is 2. The minimum absolute atomic E-state index is 0.0733. The molecule has 0 bridgehead atoms. The third-order valence-electron chi connectivity index (χ3n) is 3.55. The summed E-state index contributed by atoms with van der Waals surface area (Å²) in [6, 6.07) is 7.96. The van der Waals surface area contributed by atoms with E-state index in [0.717, 1.165) is 0 Å². The molecule has 137 valence electrons. The summed E-state index contributed by atoms with van der Waals surface area (Å²) in [5, 5.41) is 14.6. The topological polar surface area (TPSA) is 120 Å². The number of nitrogens with zero attached hydrogens (tertiary/aromatic N) is 4. The van der Waals surface area contributed by atoms with E-state index in [1.807, 2.05) is 0 Å². The zero-order valence-corrected chi connectivity index (χ0v) is 15.3. The van der Waals surface area contributed by atoms with Gasteiger partial charge in [-0.05, 0) is 24.3 Å². The Balaban J connectivity index is 1.70. The second kappa shape index (κ2) is 8.15. The van der Waals surface area contributed by atoms with Crippen LogP contribution in [0.15, 0.2) is 42.7 Å². The summed E-state index contributed by atoms with van der Waals surface area (Å²) in [6.45, 7) is 0.364. The first kappa shape index (κ1) is 18.8. The largest absolute Gasteiger partial charge is 0.396 e. The number of rotatable bonds is 6. The van der Waals surface area contributed by atoms with Gasteiger partial charge in [-0.2, -0.15) is 0 Å². The van der Waals surface area contributed by atoms with Crippen molar-refractivity contribution >= 4 is 40.4 Å². The highest BCUT2D eigenvalue weighted by Gasteiger charge is 2.12. The number of aromatic nitrogens is 3. The van der Waals surface area contributed by atoms with Crippen molar-refractivity contribution in [2.75, 3.05) is 17.6 Å². The van der Waals surface area contributed by atoms with E-state index in [2.05, 4.69) is 20.3 Å². The Bertz CT molecular complexity index is 982. The van der Waals surface area contributed by atoms with Crippen molar-refractivity contribution in [2.24, 2.45) is 0 Å². The number of nitrogen functional groups attached to an aromatic ring is 1. The van der Waals surface area contributed by atoms with Crippen molar-refractivity contribution in [3.63, 3.8) is 0 Å². The molecule has 2 heterocycles. The monoisotopic (exact) mass is 403 g/mol. The van der Waals surface area contributed by atoms with Crippen LogP contribution in [-0.4, -0.2) is 26.4 Å². The molecule has 2 aromatic heterocycles. The fourth-order valence-corrected chi connectivity index (χ4v) is 2.74. The van der Waals surface area contributed by atoms with E-state index in [-0.39, 0.29) is 5.69 Å². The van der Waals surface area contributed by atoms with E-state index in [1.165, 1.54) is 24.5 Å². The molecular weight excluding hydrogens is 391 g/mol. The lowest BCUT2D eigenvalue weighted by Gasteiger charge is -2.09. The minimum Gasteiger partial charge on any atom is -0.396 e. The van der Waals surface area contributed by atoms with Crippen molar-refractivity contribution in [1.29, 1.82) is 0 Å². The third-order valence-corrected chi connectivity index (χ3v) is 4.10. The molecule has 0 spiro atoms. The van der Waals surface area contributed by atoms with Gasteiger partial charge in [0.15, 0.2) is 0 Å². The van der Waals surface area contributed by atoms with Crippen LogP contribution in [0.5, 0.6) is 0 Å². The maximum Gasteiger partial charge on any atom is 0.287 e. The first-order chi connectivity index (χ1) is 12.9. The van der Waals surface area contributed by atoms with Crippen LogP contribution in [0.4, 0.5) is 17.2 Å². The summed E-state index contributed by atoms with van der Waals surface area (Å²) < 4.78 is 0. The number of benzene rings is 1. The van der Waals surface area contributed by atoms with Gasteiger partial charge in [0, 0.05) is 29.6 Å². The van der Waals surface area contributed by atoms with Gasteiger partial charge >= 0.3 is 0 Å². The molecular formula is C17H13Cl2N6O2. The smallest absolute Gasteiger partial charge is 0.287 e. The van der Waals surface area contributed by atoms with E-state index in [4.69, 9.17) is 28.9 Å². The molecule has 1 aromatic carbocycles. The van der Waals surface area contributed by atoms with Crippen LogP contribution >= 0.6 is 23.2 Å². The van der Waals surface area contributed by atoms with Gasteiger partial charge in [0.2, 0.25) is 0 Å². The van der Waals surface area contributed by atoms with Crippen LogP contribution < -0.4 is 11.1 Å². The molecule has 0 saturated carbocycles. The molecule has 0 amide bonds. The number of hydrogen-bond acceptors (Lipinski definition) is 7. The lowest BCUT2D eigenvalue weighted by Crippen LogP contribution is -2.08. The number of pyridine rings is 1. The standard InChI is InChI=1S/C17H13Cl2N6O2/c18-10-1-3-12(13(19)7-10)17-14(20)9-23-16(24-17)5-6-21-15-4-2-11(8-22-15)25(26)27/h1-5,7-9H,6,20H2,(H,21,22). The van der Waals surface area contributed by atoms with E-state index >= 15 is 0 Å². The van der Waals surface area contributed by atoms with Gasteiger partial charge in [-0.3, -0.25) is 10.1 Å². The SMILES string of the molecule is Nc1cnc([CH]CNc2ccc([N+](=O)[O-])cn2)nc1-c1ccc(Cl)cc1Cl. The molecule has 0 aliphatic carbocycles. The van der Waals surface area contributed by atoms with Gasteiger partial charge in [-0.1, -0.05) is 23.2 Å². The molecule has 27 heavy (non-hydrogen) atoms. The van der Waals surface area contributed by atoms with Gasteiger partial charge in [0.25, 0.3) is 5.69 Å². The Morgan fingerprint density at radius 2 is 2.00 bits per heavy atom. The summed E-state index contributed by atoms with van der Waals surface area (Å²) in [5.41, 5.74) is 7.45. The van der Waals surface area contributed by atoms with E-state index < -0.39 is 4.92 Å². The van der Waals surface area contributed by atoms with E-state index in [1.54, 1.807) is 24.6 Å². The fourth-order valence-electron chi connectivity index (χ4n) is 2.25. The third kappa shape index (κ3) is 4.60.